The summed E-state index contributed by atoms with van der Waals surface area (Å²) >= 11 is 0. The molecule has 0 spiro atoms. The first-order valence-electron chi connectivity index (χ1n) is 9.65. The van der Waals surface area contributed by atoms with Gasteiger partial charge in [-0.05, 0) is 31.5 Å². The van der Waals surface area contributed by atoms with E-state index in [1.165, 1.54) is 6.07 Å². The van der Waals surface area contributed by atoms with Gasteiger partial charge in [0, 0.05) is 32.7 Å². The van der Waals surface area contributed by atoms with E-state index in [0.717, 1.165) is 51.5 Å². The van der Waals surface area contributed by atoms with Crippen LogP contribution in [0.1, 0.15) is 19.4 Å². The molecular formula is C19H31F2IN4O3. The second-order valence-electron chi connectivity index (χ2n) is 6.17. The standard InChI is InChI=1S/C19H30F2N4O3.HI/c1-3-22-19(23-7-8-25-9-11-26-12-10-25)24-14-15-5-6-16(28-18(20)21)17(13-15)27-4-2;/h5-6,13,18H,3-4,7-12,14H2,1-2H3,(H2,22,23,24);1H. The quantitative estimate of drug-likeness (QED) is 0.277. The highest BCUT2D eigenvalue weighted by molar-refractivity contribution is 14.0. The number of benzene rings is 1. The summed E-state index contributed by atoms with van der Waals surface area (Å²) in [6.07, 6.45) is 0. The lowest BCUT2D eigenvalue weighted by Gasteiger charge is -2.26. The van der Waals surface area contributed by atoms with E-state index >= 15 is 0 Å². The fraction of sp³-hybridized carbons (Fsp3) is 0.632. The van der Waals surface area contributed by atoms with E-state index in [9.17, 15) is 8.78 Å². The van der Waals surface area contributed by atoms with Crippen LogP contribution in [0.2, 0.25) is 0 Å². The molecule has 0 atom stereocenters. The van der Waals surface area contributed by atoms with Gasteiger partial charge in [0.25, 0.3) is 0 Å². The lowest BCUT2D eigenvalue weighted by atomic mass is 10.2. The monoisotopic (exact) mass is 528 g/mol. The number of hydrogen-bond donors (Lipinski definition) is 2. The van der Waals surface area contributed by atoms with Crippen molar-refractivity contribution in [2.75, 3.05) is 52.5 Å². The molecule has 1 aliphatic rings. The van der Waals surface area contributed by atoms with Crippen LogP contribution >= 0.6 is 24.0 Å². The first kappa shape index (κ1) is 25.6. The number of nitrogens with zero attached hydrogens (tertiary/aromatic N) is 2. The first-order chi connectivity index (χ1) is 13.6. The molecule has 0 radical (unpaired) electrons. The third kappa shape index (κ3) is 9.77. The molecular weight excluding hydrogens is 497 g/mol. The highest BCUT2D eigenvalue weighted by atomic mass is 127. The molecule has 7 nitrogen and oxygen atoms in total. The van der Waals surface area contributed by atoms with Gasteiger partial charge in [0.05, 0.1) is 26.4 Å². The SMILES string of the molecule is CCNC(=NCc1ccc(OC(F)F)c(OCC)c1)NCCN1CCOCC1.I. The van der Waals surface area contributed by atoms with Crippen molar-refractivity contribution in [2.24, 2.45) is 4.99 Å². The molecule has 1 saturated heterocycles. The number of morpholine rings is 1. The highest BCUT2D eigenvalue weighted by Gasteiger charge is 2.12. The third-order valence-electron chi connectivity index (χ3n) is 4.11. The number of nitrogens with one attached hydrogen (secondary N) is 2. The van der Waals surface area contributed by atoms with E-state index in [4.69, 9.17) is 9.47 Å². The first-order valence-corrected chi connectivity index (χ1v) is 9.65. The summed E-state index contributed by atoms with van der Waals surface area (Å²) in [5.74, 6) is 1.03. The zero-order chi connectivity index (χ0) is 20.2. The molecule has 2 N–H and O–H groups in total. The lowest BCUT2D eigenvalue weighted by molar-refractivity contribution is -0.0514. The minimum atomic E-state index is -2.89. The van der Waals surface area contributed by atoms with Crippen LogP contribution in [0.15, 0.2) is 23.2 Å². The van der Waals surface area contributed by atoms with Crippen molar-refractivity contribution >= 4 is 29.9 Å². The maximum absolute atomic E-state index is 12.5. The van der Waals surface area contributed by atoms with Crippen molar-refractivity contribution in [3.8, 4) is 11.5 Å². The molecule has 10 heteroatoms. The summed E-state index contributed by atoms with van der Waals surface area (Å²) in [6.45, 7) is 7.54. The molecule has 1 heterocycles. The predicted octanol–water partition coefficient (Wildman–Crippen LogP) is 2.69. The zero-order valence-corrected chi connectivity index (χ0v) is 19.3. The Morgan fingerprint density at radius 1 is 1.21 bits per heavy atom. The molecule has 0 saturated carbocycles. The summed E-state index contributed by atoms with van der Waals surface area (Å²) in [4.78, 5) is 6.91. The van der Waals surface area contributed by atoms with Gasteiger partial charge in [0.2, 0.25) is 0 Å². The molecule has 0 unspecified atom stereocenters. The molecule has 166 valence electrons. The Bertz CT molecular complexity index is 617. The molecule has 29 heavy (non-hydrogen) atoms. The molecule has 0 aromatic heterocycles. The zero-order valence-electron chi connectivity index (χ0n) is 17.0. The molecule has 1 aromatic carbocycles. The molecule has 1 aromatic rings. The predicted molar refractivity (Wildman–Crippen MR) is 120 cm³/mol. The van der Waals surface area contributed by atoms with Crippen molar-refractivity contribution < 1.29 is 23.0 Å². The molecule has 2 rings (SSSR count). The van der Waals surface area contributed by atoms with Crippen LogP contribution in [0.4, 0.5) is 8.78 Å². The van der Waals surface area contributed by atoms with Gasteiger partial charge in [-0.15, -0.1) is 24.0 Å². The number of alkyl halides is 2. The molecule has 0 amide bonds. The summed E-state index contributed by atoms with van der Waals surface area (Å²) < 4.78 is 40.3. The van der Waals surface area contributed by atoms with Gasteiger partial charge in [-0.25, -0.2) is 4.99 Å². The number of aliphatic imine (C=N–C) groups is 1. The van der Waals surface area contributed by atoms with Crippen molar-refractivity contribution in [3.63, 3.8) is 0 Å². The Labute approximate surface area is 188 Å². The Hall–Kier alpha value is -1.40. The average Bonchev–Trinajstić information content (AvgIpc) is 2.68. The van der Waals surface area contributed by atoms with Crippen LogP contribution in [-0.2, 0) is 11.3 Å². The van der Waals surface area contributed by atoms with Crippen molar-refractivity contribution in [1.82, 2.24) is 15.5 Å². The number of halogens is 3. The summed E-state index contributed by atoms with van der Waals surface area (Å²) in [5, 5.41) is 6.53. The van der Waals surface area contributed by atoms with Gasteiger partial charge in [0.15, 0.2) is 17.5 Å². The molecule has 0 aliphatic carbocycles. The highest BCUT2D eigenvalue weighted by Crippen LogP contribution is 2.30. The molecule has 0 bridgehead atoms. The summed E-state index contributed by atoms with van der Waals surface area (Å²) in [6, 6.07) is 4.88. The van der Waals surface area contributed by atoms with Crippen LogP contribution in [0, 0.1) is 0 Å². The van der Waals surface area contributed by atoms with Gasteiger partial charge in [-0.2, -0.15) is 8.78 Å². The molecule has 1 aliphatic heterocycles. The third-order valence-corrected chi connectivity index (χ3v) is 4.11. The smallest absolute Gasteiger partial charge is 0.387 e. The van der Waals surface area contributed by atoms with Gasteiger partial charge in [-0.1, -0.05) is 6.07 Å². The van der Waals surface area contributed by atoms with E-state index in [-0.39, 0.29) is 29.7 Å². The van der Waals surface area contributed by atoms with E-state index in [1.54, 1.807) is 19.1 Å². The van der Waals surface area contributed by atoms with Crippen LogP contribution < -0.4 is 20.1 Å². The fourth-order valence-electron chi connectivity index (χ4n) is 2.78. The second kappa shape index (κ2) is 14.6. The maximum atomic E-state index is 12.5. The van der Waals surface area contributed by atoms with Crippen LogP contribution in [0.3, 0.4) is 0 Å². The number of ether oxygens (including phenoxy) is 3. The largest absolute Gasteiger partial charge is 0.490 e. The van der Waals surface area contributed by atoms with Crippen molar-refractivity contribution in [1.29, 1.82) is 0 Å². The van der Waals surface area contributed by atoms with Crippen LogP contribution in [0.5, 0.6) is 11.5 Å². The fourth-order valence-corrected chi connectivity index (χ4v) is 2.78. The lowest BCUT2D eigenvalue weighted by Crippen LogP contribution is -2.44. The summed E-state index contributed by atoms with van der Waals surface area (Å²) in [7, 11) is 0. The van der Waals surface area contributed by atoms with Gasteiger partial charge >= 0.3 is 6.61 Å². The molecule has 1 fully saturated rings. The van der Waals surface area contributed by atoms with Crippen molar-refractivity contribution in [2.45, 2.75) is 27.0 Å². The second-order valence-corrected chi connectivity index (χ2v) is 6.17. The normalized spacial score (nSPS) is 15.0. The van der Waals surface area contributed by atoms with E-state index in [1.807, 2.05) is 6.92 Å². The van der Waals surface area contributed by atoms with E-state index < -0.39 is 6.61 Å². The minimum absolute atomic E-state index is 0. The van der Waals surface area contributed by atoms with Crippen LogP contribution in [0.25, 0.3) is 0 Å². The van der Waals surface area contributed by atoms with Gasteiger partial charge in [-0.3, -0.25) is 4.90 Å². The van der Waals surface area contributed by atoms with Crippen LogP contribution in [-0.4, -0.2) is 70.0 Å². The Morgan fingerprint density at radius 3 is 2.62 bits per heavy atom. The Balaban J connectivity index is 0.00000420. The average molecular weight is 528 g/mol. The van der Waals surface area contributed by atoms with Crippen molar-refractivity contribution in [3.05, 3.63) is 23.8 Å². The number of guanidine groups is 1. The number of hydrogen-bond acceptors (Lipinski definition) is 5. The van der Waals surface area contributed by atoms with Gasteiger partial charge in [0.1, 0.15) is 0 Å². The van der Waals surface area contributed by atoms with E-state index in [0.29, 0.717) is 24.9 Å². The maximum Gasteiger partial charge on any atom is 0.387 e. The minimum Gasteiger partial charge on any atom is -0.490 e. The summed E-state index contributed by atoms with van der Waals surface area (Å²) in [5.41, 5.74) is 0.843. The van der Waals surface area contributed by atoms with Gasteiger partial charge < -0.3 is 24.8 Å². The topological polar surface area (TPSA) is 67.4 Å². The van der Waals surface area contributed by atoms with E-state index in [2.05, 4.69) is 25.3 Å². The Morgan fingerprint density at radius 2 is 1.97 bits per heavy atom. The Kier molecular flexibility index (Phi) is 12.9. The number of rotatable bonds is 10.